The molecule has 0 radical (unpaired) electrons. The predicted octanol–water partition coefficient (Wildman–Crippen LogP) is 0.961. The first-order valence-corrected chi connectivity index (χ1v) is 4.61. The smallest absolute Gasteiger partial charge is 0.0731 e. The van der Waals surface area contributed by atoms with Crippen molar-refractivity contribution in [1.29, 1.82) is 0 Å². The second-order valence-corrected chi connectivity index (χ2v) is 3.55. The second-order valence-electron chi connectivity index (χ2n) is 3.55. The van der Waals surface area contributed by atoms with E-state index in [1.807, 2.05) is 19.2 Å². The van der Waals surface area contributed by atoms with Gasteiger partial charge < -0.3 is 10.0 Å². The van der Waals surface area contributed by atoms with Crippen molar-refractivity contribution < 1.29 is 5.11 Å². The van der Waals surface area contributed by atoms with Gasteiger partial charge in [0.25, 0.3) is 0 Å². The predicted molar refractivity (Wildman–Crippen MR) is 51.8 cm³/mol. The maximum Gasteiger partial charge on any atom is 0.0731 e. The number of anilines is 1. The van der Waals surface area contributed by atoms with Crippen LogP contribution in [0, 0.1) is 6.92 Å². The van der Waals surface area contributed by atoms with E-state index in [1.54, 1.807) is 0 Å². The van der Waals surface area contributed by atoms with Gasteiger partial charge in [-0.15, -0.1) is 0 Å². The van der Waals surface area contributed by atoms with E-state index in [-0.39, 0.29) is 6.10 Å². The van der Waals surface area contributed by atoms with Gasteiger partial charge in [0.05, 0.1) is 18.0 Å². The summed E-state index contributed by atoms with van der Waals surface area (Å²) >= 11 is 0. The Balaban J connectivity index is 2.13. The molecule has 1 saturated heterocycles. The fourth-order valence-electron chi connectivity index (χ4n) is 1.62. The molecule has 70 valence electrons. The van der Waals surface area contributed by atoms with E-state index in [4.69, 9.17) is 0 Å². The van der Waals surface area contributed by atoms with Gasteiger partial charge in [0.15, 0.2) is 0 Å². The summed E-state index contributed by atoms with van der Waals surface area (Å²) in [7, 11) is 0. The van der Waals surface area contributed by atoms with Crippen LogP contribution >= 0.6 is 0 Å². The Kier molecular flexibility index (Phi) is 2.19. The van der Waals surface area contributed by atoms with Gasteiger partial charge in [-0.05, 0) is 25.5 Å². The molecule has 1 atom stereocenters. The Morgan fingerprint density at radius 3 is 2.92 bits per heavy atom. The van der Waals surface area contributed by atoms with Crippen molar-refractivity contribution in [3.63, 3.8) is 0 Å². The number of aliphatic hydroxyl groups excluding tert-OH is 1. The largest absolute Gasteiger partial charge is 0.391 e. The standard InChI is InChI=1S/C10H14N2O/c1-8-2-3-9(6-11-8)12-5-4-10(13)7-12/h2-3,6,10,13H,4-5,7H2,1H3. The highest BCUT2D eigenvalue weighted by molar-refractivity contribution is 5.45. The molecule has 13 heavy (non-hydrogen) atoms. The minimum atomic E-state index is -0.165. The topological polar surface area (TPSA) is 36.4 Å². The number of nitrogens with zero attached hydrogens (tertiary/aromatic N) is 2. The number of aryl methyl sites for hydroxylation is 1. The third-order valence-electron chi connectivity index (χ3n) is 2.42. The lowest BCUT2D eigenvalue weighted by atomic mass is 10.3. The highest BCUT2D eigenvalue weighted by Gasteiger charge is 2.20. The fraction of sp³-hybridized carbons (Fsp3) is 0.500. The van der Waals surface area contributed by atoms with E-state index in [2.05, 4.69) is 16.0 Å². The summed E-state index contributed by atoms with van der Waals surface area (Å²) in [6.45, 7) is 3.65. The molecule has 1 aliphatic rings. The molecular weight excluding hydrogens is 164 g/mol. The maximum absolute atomic E-state index is 9.35. The summed E-state index contributed by atoms with van der Waals surface area (Å²) < 4.78 is 0. The molecule has 0 aliphatic carbocycles. The molecule has 3 nitrogen and oxygen atoms in total. The second kappa shape index (κ2) is 3.34. The molecule has 1 unspecified atom stereocenters. The number of pyridine rings is 1. The normalized spacial score (nSPS) is 22.3. The van der Waals surface area contributed by atoms with Gasteiger partial charge in [0, 0.05) is 18.8 Å². The first kappa shape index (κ1) is 8.51. The average Bonchev–Trinajstić information content (AvgIpc) is 2.53. The zero-order chi connectivity index (χ0) is 9.26. The van der Waals surface area contributed by atoms with Gasteiger partial charge in [-0.1, -0.05) is 0 Å². The van der Waals surface area contributed by atoms with Crippen molar-refractivity contribution in [3.05, 3.63) is 24.0 Å². The Labute approximate surface area is 78.0 Å². The van der Waals surface area contributed by atoms with Crippen molar-refractivity contribution in [1.82, 2.24) is 4.98 Å². The van der Waals surface area contributed by atoms with Crippen molar-refractivity contribution in [2.45, 2.75) is 19.4 Å². The molecule has 0 spiro atoms. The van der Waals surface area contributed by atoms with Gasteiger partial charge in [-0.2, -0.15) is 0 Å². The molecule has 1 aromatic heterocycles. The van der Waals surface area contributed by atoms with E-state index in [0.717, 1.165) is 30.9 Å². The van der Waals surface area contributed by atoms with Crippen molar-refractivity contribution in [2.75, 3.05) is 18.0 Å². The lowest BCUT2D eigenvalue weighted by Crippen LogP contribution is -2.21. The third-order valence-corrected chi connectivity index (χ3v) is 2.42. The van der Waals surface area contributed by atoms with E-state index in [1.165, 1.54) is 0 Å². The number of rotatable bonds is 1. The highest BCUT2D eigenvalue weighted by atomic mass is 16.3. The average molecular weight is 178 g/mol. The van der Waals surface area contributed by atoms with Crippen molar-refractivity contribution in [3.8, 4) is 0 Å². The molecule has 2 heterocycles. The Hall–Kier alpha value is -1.09. The van der Waals surface area contributed by atoms with E-state index in [0.29, 0.717) is 0 Å². The summed E-state index contributed by atoms with van der Waals surface area (Å²) in [6.07, 6.45) is 2.57. The molecule has 1 N–H and O–H groups in total. The molecule has 2 rings (SSSR count). The number of aliphatic hydroxyl groups is 1. The third kappa shape index (κ3) is 1.80. The van der Waals surface area contributed by atoms with E-state index in [9.17, 15) is 5.11 Å². The molecule has 0 amide bonds. The number of aromatic nitrogens is 1. The lowest BCUT2D eigenvalue weighted by Gasteiger charge is -2.16. The number of hydrogen-bond donors (Lipinski definition) is 1. The number of β-amino-alcohol motifs (C(OH)–C–C–N with tert-alkyl or cyclic N) is 1. The van der Waals surface area contributed by atoms with Gasteiger partial charge in [0.2, 0.25) is 0 Å². The van der Waals surface area contributed by atoms with Gasteiger partial charge in [0.1, 0.15) is 0 Å². The highest BCUT2D eigenvalue weighted by Crippen LogP contribution is 2.19. The summed E-state index contributed by atoms with van der Waals surface area (Å²) in [5, 5.41) is 9.35. The van der Waals surface area contributed by atoms with Crippen LogP contribution in [-0.2, 0) is 0 Å². The summed E-state index contributed by atoms with van der Waals surface area (Å²) in [5.74, 6) is 0. The van der Waals surface area contributed by atoms with E-state index < -0.39 is 0 Å². The van der Waals surface area contributed by atoms with Crippen LogP contribution in [0.15, 0.2) is 18.3 Å². The van der Waals surface area contributed by atoms with Gasteiger partial charge in [-0.25, -0.2) is 0 Å². The molecule has 1 aliphatic heterocycles. The summed E-state index contributed by atoms with van der Waals surface area (Å²) in [6, 6.07) is 4.06. The van der Waals surface area contributed by atoms with Crippen LogP contribution in [0.2, 0.25) is 0 Å². The first-order chi connectivity index (χ1) is 6.25. The quantitative estimate of drug-likeness (QED) is 0.696. The lowest BCUT2D eigenvalue weighted by molar-refractivity contribution is 0.198. The maximum atomic E-state index is 9.35. The van der Waals surface area contributed by atoms with Gasteiger partial charge in [-0.3, -0.25) is 4.98 Å². The molecule has 0 aromatic carbocycles. The zero-order valence-corrected chi connectivity index (χ0v) is 7.77. The summed E-state index contributed by atoms with van der Waals surface area (Å²) in [4.78, 5) is 6.39. The minimum Gasteiger partial charge on any atom is -0.391 e. The Bertz CT molecular complexity index is 283. The van der Waals surface area contributed by atoms with Crippen LogP contribution in [0.25, 0.3) is 0 Å². The summed E-state index contributed by atoms with van der Waals surface area (Å²) in [5.41, 5.74) is 2.14. The monoisotopic (exact) mass is 178 g/mol. The zero-order valence-electron chi connectivity index (χ0n) is 7.77. The van der Waals surface area contributed by atoms with Crippen molar-refractivity contribution in [2.24, 2.45) is 0 Å². The minimum absolute atomic E-state index is 0.165. The van der Waals surface area contributed by atoms with Crippen LogP contribution in [0.1, 0.15) is 12.1 Å². The molecule has 0 saturated carbocycles. The van der Waals surface area contributed by atoms with Crippen LogP contribution in [0.5, 0.6) is 0 Å². The fourth-order valence-corrected chi connectivity index (χ4v) is 1.62. The van der Waals surface area contributed by atoms with Crippen LogP contribution in [-0.4, -0.2) is 29.3 Å². The van der Waals surface area contributed by atoms with Crippen LogP contribution in [0.4, 0.5) is 5.69 Å². The SMILES string of the molecule is Cc1ccc(N2CCC(O)C2)cn1. The molecule has 1 aromatic rings. The van der Waals surface area contributed by atoms with E-state index >= 15 is 0 Å². The molecule has 0 bridgehead atoms. The Morgan fingerprint density at radius 1 is 1.54 bits per heavy atom. The number of hydrogen-bond acceptors (Lipinski definition) is 3. The van der Waals surface area contributed by atoms with Crippen LogP contribution < -0.4 is 4.90 Å². The molecular formula is C10H14N2O. The van der Waals surface area contributed by atoms with Crippen LogP contribution in [0.3, 0.4) is 0 Å². The van der Waals surface area contributed by atoms with Gasteiger partial charge >= 0.3 is 0 Å². The van der Waals surface area contributed by atoms with Crippen molar-refractivity contribution >= 4 is 5.69 Å². The first-order valence-electron chi connectivity index (χ1n) is 4.61. The molecule has 3 heteroatoms. The Morgan fingerprint density at radius 2 is 2.38 bits per heavy atom. The molecule has 1 fully saturated rings.